The first-order valence-corrected chi connectivity index (χ1v) is 8.50. The Hall–Kier alpha value is -3.49. The van der Waals surface area contributed by atoms with Gasteiger partial charge in [0.2, 0.25) is 11.8 Å². The van der Waals surface area contributed by atoms with E-state index in [2.05, 4.69) is 15.6 Å². The van der Waals surface area contributed by atoms with Gasteiger partial charge in [0.05, 0.1) is 7.11 Å². The van der Waals surface area contributed by atoms with Crippen molar-refractivity contribution in [2.24, 2.45) is 0 Å². The van der Waals surface area contributed by atoms with Gasteiger partial charge in [-0.15, -0.1) is 0 Å². The molecule has 1 fully saturated rings. The molecule has 0 aliphatic carbocycles. The van der Waals surface area contributed by atoms with E-state index >= 15 is 0 Å². The second-order valence-corrected chi connectivity index (χ2v) is 6.40. The Balaban J connectivity index is 1.67. The summed E-state index contributed by atoms with van der Waals surface area (Å²) in [4.78, 5) is 42.2. The number of hydrogen-bond donors (Lipinski definition) is 2. The fraction of sp³-hybridized carbons (Fsp3) is 0.263. The van der Waals surface area contributed by atoms with Crippen molar-refractivity contribution in [1.82, 2.24) is 20.5 Å². The Morgan fingerprint density at radius 2 is 2.00 bits per heavy atom. The van der Waals surface area contributed by atoms with Gasteiger partial charge < -0.3 is 15.4 Å². The van der Waals surface area contributed by atoms with Gasteiger partial charge in [0.1, 0.15) is 17.9 Å². The van der Waals surface area contributed by atoms with Gasteiger partial charge in [-0.2, -0.15) is 0 Å². The molecule has 1 aromatic heterocycles. The number of imide groups is 1. The largest absolute Gasteiger partial charge is 0.481 e. The lowest BCUT2D eigenvalue weighted by Crippen LogP contribution is -2.43. The average Bonchev–Trinajstić information content (AvgIpc) is 2.91. The zero-order chi connectivity index (χ0) is 20.3. The Kier molecular flexibility index (Phi) is 5.25. The number of aromatic nitrogens is 1. The fourth-order valence-electron chi connectivity index (χ4n) is 2.96. The first-order chi connectivity index (χ1) is 13.3. The van der Waals surface area contributed by atoms with Crippen molar-refractivity contribution in [1.29, 1.82) is 0 Å². The second-order valence-electron chi connectivity index (χ2n) is 6.40. The van der Waals surface area contributed by atoms with Crippen LogP contribution in [0.15, 0.2) is 42.6 Å². The molecule has 0 spiro atoms. The van der Waals surface area contributed by atoms with E-state index in [0.29, 0.717) is 17.0 Å². The maximum absolute atomic E-state index is 13.2. The van der Waals surface area contributed by atoms with E-state index in [-0.39, 0.29) is 6.54 Å². The summed E-state index contributed by atoms with van der Waals surface area (Å²) in [5, 5.41) is 5.20. The smallest absolute Gasteiger partial charge is 0.325 e. The minimum atomic E-state index is -1.36. The SMILES string of the molecule is COc1ncccc1CNC(=O)CN1C(=O)NC(C)(c2ccc(F)cc2)C1=O. The van der Waals surface area contributed by atoms with E-state index in [1.807, 2.05) is 0 Å². The third kappa shape index (κ3) is 3.64. The molecule has 0 bridgehead atoms. The number of methoxy groups -OCH3 is 1. The molecule has 1 aliphatic rings. The van der Waals surface area contributed by atoms with Crippen LogP contribution in [0.3, 0.4) is 0 Å². The summed E-state index contributed by atoms with van der Waals surface area (Å²) >= 11 is 0. The van der Waals surface area contributed by atoms with Crippen molar-refractivity contribution in [2.75, 3.05) is 13.7 Å². The van der Waals surface area contributed by atoms with Gasteiger partial charge in [-0.25, -0.2) is 14.2 Å². The number of benzene rings is 1. The Bertz CT molecular complexity index is 918. The molecule has 3 rings (SSSR count). The molecule has 4 amide bonds. The molecular weight excluding hydrogens is 367 g/mol. The molecule has 2 aromatic rings. The quantitative estimate of drug-likeness (QED) is 0.729. The topological polar surface area (TPSA) is 101 Å². The number of pyridine rings is 1. The number of halogens is 1. The van der Waals surface area contributed by atoms with Crippen LogP contribution in [0.2, 0.25) is 0 Å². The molecule has 2 heterocycles. The lowest BCUT2D eigenvalue weighted by molar-refractivity contribution is -0.134. The van der Waals surface area contributed by atoms with E-state index in [9.17, 15) is 18.8 Å². The Labute approximate surface area is 160 Å². The number of nitrogens with zero attached hydrogens (tertiary/aromatic N) is 2. The fourth-order valence-corrected chi connectivity index (χ4v) is 2.96. The Morgan fingerprint density at radius 1 is 1.29 bits per heavy atom. The van der Waals surface area contributed by atoms with Crippen molar-refractivity contribution in [2.45, 2.75) is 19.0 Å². The number of amides is 4. The molecule has 2 N–H and O–H groups in total. The normalized spacial score (nSPS) is 18.8. The van der Waals surface area contributed by atoms with Crippen LogP contribution in [-0.4, -0.2) is 41.4 Å². The number of carbonyl (C=O) groups is 3. The van der Waals surface area contributed by atoms with E-state index in [4.69, 9.17) is 4.74 Å². The van der Waals surface area contributed by atoms with Crippen molar-refractivity contribution in [3.63, 3.8) is 0 Å². The third-order valence-electron chi connectivity index (χ3n) is 4.52. The van der Waals surface area contributed by atoms with E-state index < -0.39 is 35.7 Å². The first kappa shape index (κ1) is 19.3. The third-order valence-corrected chi connectivity index (χ3v) is 4.52. The zero-order valence-electron chi connectivity index (χ0n) is 15.4. The minimum Gasteiger partial charge on any atom is -0.481 e. The number of nitrogens with one attached hydrogen (secondary N) is 2. The molecule has 146 valence electrons. The summed E-state index contributed by atoms with van der Waals surface area (Å²) in [5.74, 6) is -1.18. The highest BCUT2D eigenvalue weighted by Gasteiger charge is 2.49. The monoisotopic (exact) mass is 386 g/mol. The maximum Gasteiger partial charge on any atom is 0.325 e. The van der Waals surface area contributed by atoms with Crippen LogP contribution in [-0.2, 0) is 21.7 Å². The van der Waals surface area contributed by atoms with Crippen molar-refractivity contribution < 1.29 is 23.5 Å². The van der Waals surface area contributed by atoms with Gasteiger partial charge in [-0.1, -0.05) is 18.2 Å². The van der Waals surface area contributed by atoms with Gasteiger partial charge in [-0.3, -0.25) is 14.5 Å². The summed E-state index contributed by atoms with van der Waals surface area (Å²) in [6.07, 6.45) is 1.56. The number of ether oxygens (including phenoxy) is 1. The minimum absolute atomic E-state index is 0.134. The van der Waals surface area contributed by atoms with Crippen LogP contribution in [0.25, 0.3) is 0 Å². The van der Waals surface area contributed by atoms with E-state index in [0.717, 1.165) is 4.90 Å². The molecule has 1 aromatic carbocycles. The molecular formula is C19H19FN4O4. The molecule has 1 saturated heterocycles. The highest BCUT2D eigenvalue weighted by Crippen LogP contribution is 2.28. The number of urea groups is 1. The molecule has 0 saturated carbocycles. The molecule has 1 atom stereocenters. The van der Waals surface area contributed by atoms with Gasteiger partial charge in [0.25, 0.3) is 5.91 Å². The molecule has 0 radical (unpaired) electrons. The van der Waals surface area contributed by atoms with Crippen LogP contribution in [0.1, 0.15) is 18.1 Å². The first-order valence-electron chi connectivity index (χ1n) is 8.50. The average molecular weight is 386 g/mol. The summed E-state index contributed by atoms with van der Waals surface area (Å²) in [6.45, 7) is 1.21. The highest BCUT2D eigenvalue weighted by molar-refractivity contribution is 6.09. The summed E-state index contributed by atoms with van der Waals surface area (Å²) in [5.41, 5.74) is -0.278. The van der Waals surface area contributed by atoms with Crippen molar-refractivity contribution in [3.05, 3.63) is 59.5 Å². The highest BCUT2D eigenvalue weighted by atomic mass is 19.1. The van der Waals surface area contributed by atoms with Gasteiger partial charge in [0.15, 0.2) is 0 Å². The molecule has 8 nitrogen and oxygen atoms in total. The van der Waals surface area contributed by atoms with Gasteiger partial charge >= 0.3 is 6.03 Å². The molecule has 9 heteroatoms. The van der Waals surface area contributed by atoms with Gasteiger partial charge in [-0.05, 0) is 30.7 Å². The van der Waals surface area contributed by atoms with Crippen LogP contribution in [0.4, 0.5) is 9.18 Å². The molecule has 28 heavy (non-hydrogen) atoms. The van der Waals surface area contributed by atoms with Crippen molar-refractivity contribution in [3.8, 4) is 5.88 Å². The van der Waals surface area contributed by atoms with Crippen LogP contribution < -0.4 is 15.4 Å². The van der Waals surface area contributed by atoms with Gasteiger partial charge in [0, 0.05) is 18.3 Å². The number of carbonyl (C=O) groups excluding carboxylic acids is 3. The van der Waals surface area contributed by atoms with E-state index in [1.54, 1.807) is 18.3 Å². The predicted octanol–water partition coefficient (Wildman–Crippen LogP) is 1.31. The lowest BCUT2D eigenvalue weighted by Gasteiger charge is -2.22. The lowest BCUT2D eigenvalue weighted by atomic mass is 9.92. The second kappa shape index (κ2) is 7.63. The van der Waals surface area contributed by atoms with E-state index in [1.165, 1.54) is 38.3 Å². The zero-order valence-corrected chi connectivity index (χ0v) is 15.4. The summed E-state index contributed by atoms with van der Waals surface area (Å²) in [7, 11) is 1.47. The van der Waals surface area contributed by atoms with Crippen molar-refractivity contribution >= 4 is 17.8 Å². The number of rotatable bonds is 6. The maximum atomic E-state index is 13.2. The standard InChI is InChI=1S/C19H19FN4O4/c1-19(13-5-7-14(20)8-6-13)17(26)24(18(27)23-19)11-15(25)22-10-12-4-3-9-21-16(12)28-2/h3-9H,10-11H2,1-2H3,(H,22,25)(H,23,27). The summed E-state index contributed by atoms with van der Waals surface area (Å²) in [6, 6.07) is 8.01. The molecule has 1 unspecified atom stereocenters. The molecule has 1 aliphatic heterocycles. The van der Waals surface area contributed by atoms with Crippen LogP contribution in [0.5, 0.6) is 5.88 Å². The predicted molar refractivity (Wildman–Crippen MR) is 96.6 cm³/mol. The van der Waals surface area contributed by atoms with Crippen LogP contribution in [0, 0.1) is 5.82 Å². The van der Waals surface area contributed by atoms with Crippen LogP contribution >= 0.6 is 0 Å². The number of hydrogen-bond acceptors (Lipinski definition) is 5. The Morgan fingerprint density at radius 3 is 2.68 bits per heavy atom. The summed E-state index contributed by atoms with van der Waals surface area (Å²) < 4.78 is 18.3.